The number of amides is 2. The number of hydrogen-bond donors (Lipinski definition) is 3. The first-order chi connectivity index (χ1) is 12.5. The number of carbonyl (C=O) groups excluding carboxylic acids is 1. The lowest BCUT2D eigenvalue weighted by molar-refractivity contribution is 0.0597. The van der Waals surface area contributed by atoms with Crippen molar-refractivity contribution in [2.45, 2.75) is 5.60 Å². The fraction of sp³-hybridized carbons (Fsp3) is 0.167. The third-order valence-corrected chi connectivity index (χ3v) is 4.76. The molecule has 0 fully saturated rings. The van der Waals surface area contributed by atoms with Crippen LogP contribution in [0.25, 0.3) is 0 Å². The molecule has 1 atom stereocenters. The van der Waals surface area contributed by atoms with Crippen LogP contribution in [0.1, 0.15) is 11.3 Å². The predicted octanol–water partition coefficient (Wildman–Crippen LogP) is 4.06. The monoisotopic (exact) mass is 392 g/mol. The van der Waals surface area contributed by atoms with Crippen LogP contribution in [-0.4, -0.2) is 24.8 Å². The number of furan rings is 1. The molecule has 26 heavy (non-hydrogen) atoms. The highest BCUT2D eigenvalue weighted by molar-refractivity contribution is 7.08. The van der Waals surface area contributed by atoms with Gasteiger partial charge in [-0.1, -0.05) is 11.6 Å². The molecule has 2 amide bonds. The quantitative estimate of drug-likeness (QED) is 0.590. The molecule has 6 nitrogen and oxygen atoms in total. The fourth-order valence-corrected chi connectivity index (χ4v) is 3.39. The zero-order valence-corrected chi connectivity index (χ0v) is 15.4. The molecule has 0 aliphatic carbocycles. The van der Waals surface area contributed by atoms with Gasteiger partial charge in [-0.25, -0.2) is 4.79 Å². The number of nitrogens with one attached hydrogen (secondary N) is 2. The Morgan fingerprint density at radius 1 is 1.38 bits per heavy atom. The van der Waals surface area contributed by atoms with Crippen LogP contribution in [0.3, 0.4) is 0 Å². The van der Waals surface area contributed by atoms with E-state index < -0.39 is 11.6 Å². The maximum absolute atomic E-state index is 12.3. The lowest BCUT2D eigenvalue weighted by atomic mass is 9.93. The minimum atomic E-state index is -1.47. The molecule has 3 N–H and O–H groups in total. The molecule has 2 aromatic heterocycles. The van der Waals surface area contributed by atoms with Gasteiger partial charge in [0.2, 0.25) is 0 Å². The van der Waals surface area contributed by atoms with Crippen molar-refractivity contribution in [2.75, 3.05) is 19.0 Å². The smallest absolute Gasteiger partial charge is 0.319 e. The van der Waals surface area contributed by atoms with Gasteiger partial charge in [-0.15, -0.1) is 0 Å². The molecule has 2 heterocycles. The van der Waals surface area contributed by atoms with Crippen molar-refractivity contribution in [3.8, 4) is 5.75 Å². The van der Waals surface area contributed by atoms with Gasteiger partial charge in [-0.2, -0.15) is 11.3 Å². The normalized spacial score (nSPS) is 13.0. The first-order valence-electron chi connectivity index (χ1n) is 7.70. The number of rotatable bonds is 6. The third-order valence-electron chi connectivity index (χ3n) is 3.84. The molecule has 136 valence electrons. The van der Waals surface area contributed by atoms with E-state index in [1.807, 2.05) is 10.8 Å². The first kappa shape index (κ1) is 18.3. The molecule has 0 radical (unpaired) electrons. The van der Waals surface area contributed by atoms with E-state index in [1.165, 1.54) is 24.7 Å². The number of ether oxygens (including phenoxy) is 1. The summed E-state index contributed by atoms with van der Waals surface area (Å²) >= 11 is 7.41. The largest absolute Gasteiger partial charge is 0.495 e. The summed E-state index contributed by atoms with van der Waals surface area (Å²) in [7, 11) is 1.50. The summed E-state index contributed by atoms with van der Waals surface area (Å²) in [4.78, 5) is 12.3. The molecule has 3 aromatic rings. The molecule has 1 unspecified atom stereocenters. The van der Waals surface area contributed by atoms with Crippen LogP contribution in [0.4, 0.5) is 10.5 Å². The average molecular weight is 393 g/mol. The summed E-state index contributed by atoms with van der Waals surface area (Å²) in [6, 6.07) is 9.52. The van der Waals surface area contributed by atoms with E-state index in [-0.39, 0.29) is 6.54 Å². The van der Waals surface area contributed by atoms with E-state index >= 15 is 0 Å². The second kappa shape index (κ2) is 7.82. The van der Waals surface area contributed by atoms with Gasteiger partial charge in [0.1, 0.15) is 11.5 Å². The van der Waals surface area contributed by atoms with Gasteiger partial charge >= 0.3 is 6.03 Å². The van der Waals surface area contributed by atoms with Crippen LogP contribution in [0.15, 0.2) is 57.8 Å². The van der Waals surface area contributed by atoms with Gasteiger partial charge in [-0.05, 0) is 47.2 Å². The Morgan fingerprint density at radius 3 is 2.88 bits per heavy atom. The maximum atomic E-state index is 12.3. The summed E-state index contributed by atoms with van der Waals surface area (Å²) in [5.74, 6) is 0.820. The van der Waals surface area contributed by atoms with Crippen molar-refractivity contribution >= 4 is 34.7 Å². The lowest BCUT2D eigenvalue weighted by Crippen LogP contribution is -2.42. The Morgan fingerprint density at radius 2 is 2.23 bits per heavy atom. The Bertz CT molecular complexity index is 831. The molecule has 1 aromatic carbocycles. The van der Waals surface area contributed by atoms with Crippen molar-refractivity contribution < 1.29 is 19.1 Å². The van der Waals surface area contributed by atoms with Crippen molar-refractivity contribution in [1.82, 2.24) is 5.32 Å². The van der Waals surface area contributed by atoms with Crippen molar-refractivity contribution in [1.29, 1.82) is 0 Å². The zero-order valence-electron chi connectivity index (χ0n) is 13.9. The van der Waals surface area contributed by atoms with Crippen molar-refractivity contribution in [3.05, 3.63) is 69.8 Å². The number of anilines is 1. The van der Waals surface area contributed by atoms with E-state index in [2.05, 4.69) is 10.6 Å². The topological polar surface area (TPSA) is 83.7 Å². The second-order valence-corrected chi connectivity index (χ2v) is 6.72. The summed E-state index contributed by atoms with van der Waals surface area (Å²) in [5.41, 5.74) is -0.410. The van der Waals surface area contributed by atoms with Gasteiger partial charge < -0.3 is 24.9 Å². The molecular weight excluding hydrogens is 376 g/mol. The first-order valence-corrected chi connectivity index (χ1v) is 9.02. The van der Waals surface area contributed by atoms with E-state index in [0.29, 0.717) is 27.8 Å². The SMILES string of the molecule is COc1ccc(Cl)cc1NC(=O)NCC(O)(c1ccsc1)c1ccco1. The molecular formula is C18H17ClN2O4S. The number of aliphatic hydroxyl groups is 1. The number of hydrogen-bond acceptors (Lipinski definition) is 5. The Hall–Kier alpha value is -2.48. The standard InChI is InChI=1S/C18H17ClN2O4S/c1-24-15-5-4-13(19)9-14(15)21-17(22)20-11-18(23,12-6-8-26-10-12)16-3-2-7-25-16/h2-10,23H,11H2,1H3,(H2,20,21,22). The number of thiophene rings is 1. The summed E-state index contributed by atoms with van der Waals surface area (Å²) < 4.78 is 10.6. The van der Waals surface area contributed by atoms with Crippen molar-refractivity contribution in [2.24, 2.45) is 0 Å². The molecule has 0 aliphatic heterocycles. The number of methoxy groups -OCH3 is 1. The summed E-state index contributed by atoms with van der Waals surface area (Å²) in [6.45, 7) is -0.0774. The van der Waals surface area contributed by atoms with E-state index in [9.17, 15) is 9.90 Å². The van der Waals surface area contributed by atoms with Gasteiger partial charge in [0.05, 0.1) is 25.6 Å². The van der Waals surface area contributed by atoms with Crippen LogP contribution in [-0.2, 0) is 5.60 Å². The summed E-state index contributed by atoms with van der Waals surface area (Å²) in [6.07, 6.45) is 1.48. The van der Waals surface area contributed by atoms with Crippen LogP contribution >= 0.6 is 22.9 Å². The molecule has 8 heteroatoms. The van der Waals surface area contributed by atoms with E-state index in [1.54, 1.807) is 36.4 Å². The van der Waals surface area contributed by atoms with Crippen LogP contribution in [0, 0.1) is 0 Å². The van der Waals surface area contributed by atoms with Gasteiger partial charge in [0.15, 0.2) is 5.60 Å². The highest BCUT2D eigenvalue weighted by Crippen LogP contribution is 2.31. The van der Waals surface area contributed by atoms with E-state index in [4.69, 9.17) is 20.8 Å². The number of benzene rings is 1. The lowest BCUT2D eigenvalue weighted by Gasteiger charge is -2.26. The maximum Gasteiger partial charge on any atom is 0.319 e. The number of urea groups is 1. The summed E-state index contributed by atoms with van der Waals surface area (Å²) in [5, 5.41) is 20.6. The van der Waals surface area contributed by atoms with Crippen LogP contribution in [0.5, 0.6) is 5.75 Å². The molecule has 0 saturated carbocycles. The van der Waals surface area contributed by atoms with Crippen molar-refractivity contribution in [3.63, 3.8) is 0 Å². The predicted molar refractivity (Wildman–Crippen MR) is 101 cm³/mol. The number of halogens is 1. The molecule has 0 bridgehead atoms. The minimum Gasteiger partial charge on any atom is -0.495 e. The van der Waals surface area contributed by atoms with Crippen LogP contribution < -0.4 is 15.4 Å². The molecule has 3 rings (SSSR count). The Kier molecular flexibility index (Phi) is 5.51. The molecule has 0 spiro atoms. The minimum absolute atomic E-state index is 0.0774. The van der Waals surface area contributed by atoms with Gasteiger partial charge in [0, 0.05) is 10.6 Å². The third kappa shape index (κ3) is 3.85. The Labute approximate surface area is 159 Å². The zero-order chi connectivity index (χ0) is 18.6. The number of carbonyl (C=O) groups is 1. The molecule has 0 saturated heterocycles. The van der Waals surface area contributed by atoms with E-state index in [0.717, 1.165) is 0 Å². The fourth-order valence-electron chi connectivity index (χ4n) is 2.50. The van der Waals surface area contributed by atoms with Gasteiger partial charge in [0.25, 0.3) is 0 Å². The second-order valence-electron chi connectivity index (χ2n) is 5.50. The molecule has 0 aliphatic rings. The average Bonchev–Trinajstić information content (AvgIpc) is 3.33. The highest BCUT2D eigenvalue weighted by atomic mass is 35.5. The Balaban J connectivity index is 1.74. The van der Waals surface area contributed by atoms with Crippen LogP contribution in [0.2, 0.25) is 5.02 Å². The van der Waals surface area contributed by atoms with Gasteiger partial charge in [-0.3, -0.25) is 0 Å². The highest BCUT2D eigenvalue weighted by Gasteiger charge is 2.35.